The number of ether oxygens (including phenoxy) is 1. The van der Waals surface area contributed by atoms with Gasteiger partial charge >= 0.3 is 6.01 Å². The Morgan fingerprint density at radius 3 is 2.60 bits per heavy atom. The molecule has 3 fully saturated rings. The average Bonchev–Trinajstić information content (AvgIpc) is 3.75. The van der Waals surface area contributed by atoms with E-state index < -0.39 is 0 Å². The number of aryl methyl sites for hydroxylation is 1. The molecule has 42 heavy (non-hydrogen) atoms. The zero-order valence-electron chi connectivity index (χ0n) is 25.2. The van der Waals surface area contributed by atoms with E-state index in [2.05, 4.69) is 44.6 Å². The molecule has 4 aliphatic rings. The highest BCUT2D eigenvalue weighted by Gasteiger charge is 2.36. The Bertz CT molecular complexity index is 1340. The number of likely N-dealkylation sites (tertiary alicyclic amines) is 1. The van der Waals surface area contributed by atoms with Gasteiger partial charge in [0, 0.05) is 61.4 Å². The molecule has 0 bridgehead atoms. The van der Waals surface area contributed by atoms with E-state index >= 15 is 0 Å². The molecule has 2 unspecified atom stereocenters. The SMILES string of the molecule is C=C(C1CN1)N1CCN(c2nc(OC)nc3c2CCN(c2c(C)ccc(N)c2C=N)C3)CC1CC#N.CN1CCCC1. The number of methoxy groups -OCH3 is 1. The van der Waals surface area contributed by atoms with Gasteiger partial charge in [0.1, 0.15) is 5.82 Å². The monoisotopic (exact) mass is 572 g/mol. The molecular formula is C31H44N10O. The van der Waals surface area contributed by atoms with Gasteiger partial charge in [0.2, 0.25) is 0 Å². The number of anilines is 3. The number of nitrogens with two attached hydrogens (primary N) is 1. The van der Waals surface area contributed by atoms with E-state index in [1.807, 2.05) is 19.1 Å². The summed E-state index contributed by atoms with van der Waals surface area (Å²) in [6.45, 7) is 13.6. The van der Waals surface area contributed by atoms with Crippen LogP contribution in [0.1, 0.15) is 41.6 Å². The zero-order valence-corrected chi connectivity index (χ0v) is 25.2. The van der Waals surface area contributed by atoms with Crippen molar-refractivity contribution >= 4 is 23.4 Å². The number of hydrogen-bond donors (Lipinski definition) is 3. The van der Waals surface area contributed by atoms with Crippen molar-refractivity contribution in [2.24, 2.45) is 0 Å². The lowest BCUT2D eigenvalue weighted by atomic mass is 9.99. The molecule has 0 radical (unpaired) electrons. The molecule has 224 valence electrons. The van der Waals surface area contributed by atoms with Gasteiger partial charge in [-0.2, -0.15) is 15.2 Å². The first-order valence-electron chi connectivity index (χ1n) is 14.9. The van der Waals surface area contributed by atoms with Crippen LogP contribution in [0.5, 0.6) is 6.01 Å². The molecule has 0 aliphatic carbocycles. The molecule has 4 N–H and O–H groups in total. The molecule has 0 saturated carbocycles. The number of nitrogens with zero attached hydrogens (tertiary/aromatic N) is 7. The van der Waals surface area contributed by atoms with Crippen molar-refractivity contribution < 1.29 is 4.74 Å². The Kier molecular flexibility index (Phi) is 9.14. The first-order valence-corrected chi connectivity index (χ1v) is 14.9. The smallest absolute Gasteiger partial charge is 0.318 e. The van der Waals surface area contributed by atoms with Crippen molar-refractivity contribution in [3.05, 3.63) is 46.8 Å². The summed E-state index contributed by atoms with van der Waals surface area (Å²) in [7, 11) is 3.76. The van der Waals surface area contributed by atoms with Gasteiger partial charge in [-0.15, -0.1) is 0 Å². The van der Waals surface area contributed by atoms with Gasteiger partial charge in [0.05, 0.1) is 49.6 Å². The summed E-state index contributed by atoms with van der Waals surface area (Å²) in [5.41, 5.74) is 12.7. The second-order valence-corrected chi connectivity index (χ2v) is 11.6. The number of fused-ring (bicyclic) bond motifs is 1. The van der Waals surface area contributed by atoms with Crippen LogP contribution in [0.15, 0.2) is 24.4 Å². The Balaban J connectivity index is 0.000000524. The van der Waals surface area contributed by atoms with Gasteiger partial charge in [0.15, 0.2) is 0 Å². The lowest BCUT2D eigenvalue weighted by Crippen LogP contribution is -2.53. The summed E-state index contributed by atoms with van der Waals surface area (Å²) >= 11 is 0. The standard InChI is InChI=1S/C26H33N9O.C5H11N/c1-16-4-5-21(29)20(12-28)24(16)33-9-7-19-23(15-33)31-26(36-3)32-25(19)34-10-11-35(17(2)22-13-30-22)18(14-34)6-8-27;1-6-4-2-3-5-6/h4-5,12,18,22,28,30H,2,6-7,9-11,13-15,29H2,1,3H3;2-5H2,1H3. The minimum absolute atomic E-state index is 0.0560. The molecule has 6 rings (SSSR count). The van der Waals surface area contributed by atoms with Crippen LogP contribution in [0.2, 0.25) is 0 Å². The fraction of sp³-hybridized carbons (Fsp3) is 0.548. The van der Waals surface area contributed by atoms with E-state index in [-0.39, 0.29) is 6.04 Å². The fourth-order valence-corrected chi connectivity index (χ4v) is 6.31. The summed E-state index contributed by atoms with van der Waals surface area (Å²) in [4.78, 5) is 18.7. The molecule has 1 aromatic carbocycles. The Hall–Kier alpha value is -3.88. The third kappa shape index (κ3) is 6.30. The predicted octanol–water partition coefficient (Wildman–Crippen LogP) is 2.54. The lowest BCUT2D eigenvalue weighted by Gasteiger charge is -2.44. The van der Waals surface area contributed by atoms with Crippen LogP contribution in [0.4, 0.5) is 17.2 Å². The zero-order chi connectivity index (χ0) is 29.8. The van der Waals surface area contributed by atoms with Crippen molar-refractivity contribution in [3.8, 4) is 12.1 Å². The first-order chi connectivity index (χ1) is 20.3. The van der Waals surface area contributed by atoms with Crippen molar-refractivity contribution in [1.29, 1.82) is 10.7 Å². The number of aromatic nitrogens is 2. The maximum atomic E-state index is 9.51. The molecule has 0 amide bonds. The molecule has 1 aromatic heterocycles. The van der Waals surface area contributed by atoms with Crippen LogP contribution in [-0.4, -0.2) is 98.0 Å². The van der Waals surface area contributed by atoms with Crippen molar-refractivity contribution in [2.45, 2.75) is 51.2 Å². The summed E-state index contributed by atoms with van der Waals surface area (Å²) < 4.78 is 5.51. The number of nitriles is 1. The maximum absolute atomic E-state index is 9.51. The van der Waals surface area contributed by atoms with E-state index in [0.29, 0.717) is 37.3 Å². The predicted molar refractivity (Wildman–Crippen MR) is 167 cm³/mol. The van der Waals surface area contributed by atoms with Crippen molar-refractivity contribution in [3.63, 3.8) is 0 Å². The van der Waals surface area contributed by atoms with E-state index in [4.69, 9.17) is 25.8 Å². The largest absolute Gasteiger partial charge is 0.467 e. The minimum Gasteiger partial charge on any atom is -0.467 e. The molecule has 5 heterocycles. The Labute approximate surface area is 249 Å². The molecular weight excluding hydrogens is 528 g/mol. The quantitative estimate of drug-likeness (QED) is 0.257. The molecule has 0 spiro atoms. The van der Waals surface area contributed by atoms with E-state index in [0.717, 1.165) is 72.2 Å². The molecule has 11 nitrogen and oxygen atoms in total. The summed E-state index contributed by atoms with van der Waals surface area (Å²) in [5, 5.41) is 20.8. The topological polar surface area (TPSA) is 144 Å². The van der Waals surface area contributed by atoms with Crippen LogP contribution in [0, 0.1) is 23.7 Å². The van der Waals surface area contributed by atoms with E-state index in [1.54, 1.807) is 7.11 Å². The number of hydrogen-bond acceptors (Lipinski definition) is 11. The van der Waals surface area contributed by atoms with Gasteiger partial charge in [-0.05, 0) is 58.0 Å². The lowest BCUT2D eigenvalue weighted by molar-refractivity contribution is 0.225. The molecule has 11 heteroatoms. The van der Waals surface area contributed by atoms with Gasteiger partial charge in [-0.1, -0.05) is 12.6 Å². The summed E-state index contributed by atoms with van der Waals surface area (Å²) in [6, 6.07) is 6.94. The number of nitrogens with one attached hydrogen (secondary N) is 2. The second-order valence-electron chi connectivity index (χ2n) is 11.6. The van der Waals surface area contributed by atoms with Crippen LogP contribution < -0.4 is 25.6 Å². The summed E-state index contributed by atoms with van der Waals surface area (Å²) in [5.74, 6) is 0.894. The highest BCUT2D eigenvalue weighted by atomic mass is 16.5. The fourth-order valence-electron chi connectivity index (χ4n) is 6.31. The highest BCUT2D eigenvalue weighted by Crippen LogP contribution is 2.36. The van der Waals surface area contributed by atoms with E-state index in [9.17, 15) is 5.26 Å². The first kappa shape index (κ1) is 29.6. The third-order valence-electron chi connectivity index (χ3n) is 8.74. The van der Waals surface area contributed by atoms with Gasteiger partial charge in [-0.25, -0.2) is 0 Å². The molecule has 3 saturated heterocycles. The Morgan fingerprint density at radius 1 is 1.21 bits per heavy atom. The van der Waals surface area contributed by atoms with Crippen molar-refractivity contribution in [2.75, 3.05) is 75.5 Å². The minimum atomic E-state index is 0.0560. The summed E-state index contributed by atoms with van der Waals surface area (Å²) in [6.07, 6.45) is 5.36. The second kappa shape index (κ2) is 13.0. The van der Waals surface area contributed by atoms with Crippen LogP contribution in [0.25, 0.3) is 0 Å². The van der Waals surface area contributed by atoms with Crippen LogP contribution in [0.3, 0.4) is 0 Å². The normalized spacial score (nSPS) is 21.6. The highest BCUT2D eigenvalue weighted by molar-refractivity contribution is 5.94. The van der Waals surface area contributed by atoms with Crippen molar-refractivity contribution in [1.82, 2.24) is 25.1 Å². The van der Waals surface area contributed by atoms with Crippen LogP contribution in [-0.2, 0) is 13.0 Å². The third-order valence-corrected chi connectivity index (χ3v) is 8.74. The molecule has 2 atom stereocenters. The number of piperazine rings is 1. The number of benzene rings is 1. The van der Waals surface area contributed by atoms with Gasteiger partial charge in [-0.3, -0.25) is 0 Å². The molecule has 2 aromatic rings. The average molecular weight is 573 g/mol. The van der Waals surface area contributed by atoms with Gasteiger partial charge < -0.3 is 40.8 Å². The Morgan fingerprint density at radius 2 is 1.98 bits per heavy atom. The number of nitrogen functional groups attached to an aromatic ring is 1. The maximum Gasteiger partial charge on any atom is 0.318 e. The van der Waals surface area contributed by atoms with Gasteiger partial charge in [0.25, 0.3) is 0 Å². The number of rotatable bonds is 7. The van der Waals surface area contributed by atoms with E-state index in [1.165, 1.54) is 32.1 Å². The van der Waals surface area contributed by atoms with Crippen LogP contribution >= 0.6 is 0 Å². The molecule has 4 aliphatic heterocycles.